The zero-order chi connectivity index (χ0) is 20.8. The molecule has 0 heterocycles. The molecule has 3 amide bonds. The molecule has 0 aromatic heterocycles. The predicted octanol–water partition coefficient (Wildman–Crippen LogP) is 3.66. The van der Waals surface area contributed by atoms with Gasteiger partial charge in [-0.25, -0.2) is 0 Å². The molecular weight excluding hydrogens is 438 g/mol. The van der Waals surface area contributed by atoms with Gasteiger partial charge in [0.2, 0.25) is 5.91 Å². The van der Waals surface area contributed by atoms with E-state index in [1.54, 1.807) is 42.5 Å². The first-order valence-electron chi connectivity index (χ1n) is 9.42. The van der Waals surface area contributed by atoms with Crippen LogP contribution in [0.5, 0.6) is 5.75 Å². The van der Waals surface area contributed by atoms with Crippen LogP contribution >= 0.6 is 15.9 Å². The molecule has 0 radical (unpaired) electrons. The van der Waals surface area contributed by atoms with Crippen molar-refractivity contribution in [2.24, 2.45) is 5.92 Å². The maximum atomic E-state index is 12.3. The van der Waals surface area contributed by atoms with E-state index in [0.717, 1.165) is 19.3 Å². The maximum absolute atomic E-state index is 12.3. The molecule has 2 aromatic rings. The Morgan fingerprint density at radius 1 is 1.00 bits per heavy atom. The summed E-state index contributed by atoms with van der Waals surface area (Å²) < 4.78 is 6.21. The fourth-order valence-electron chi connectivity index (χ4n) is 2.52. The summed E-state index contributed by atoms with van der Waals surface area (Å²) >= 11 is 3.38. The van der Waals surface area contributed by atoms with Crippen LogP contribution in [0, 0.1) is 5.92 Å². The van der Waals surface area contributed by atoms with Crippen LogP contribution in [0.4, 0.5) is 5.69 Å². The number of hydrogen-bond acceptors (Lipinski definition) is 4. The van der Waals surface area contributed by atoms with Gasteiger partial charge >= 0.3 is 0 Å². The fourth-order valence-corrected chi connectivity index (χ4v) is 3.02. The van der Waals surface area contributed by atoms with Crippen LogP contribution < -0.4 is 20.9 Å². The average molecular weight is 460 g/mol. The lowest BCUT2D eigenvalue weighted by Crippen LogP contribution is -2.41. The van der Waals surface area contributed by atoms with Gasteiger partial charge in [0.1, 0.15) is 5.75 Å². The van der Waals surface area contributed by atoms with E-state index in [4.69, 9.17) is 4.74 Å². The molecule has 0 saturated heterocycles. The van der Waals surface area contributed by atoms with Crippen molar-refractivity contribution in [2.75, 3.05) is 11.9 Å². The van der Waals surface area contributed by atoms with Crippen molar-refractivity contribution in [2.45, 2.75) is 26.2 Å². The molecule has 29 heavy (non-hydrogen) atoms. The Morgan fingerprint density at radius 3 is 2.21 bits per heavy atom. The van der Waals surface area contributed by atoms with Crippen molar-refractivity contribution in [3.63, 3.8) is 0 Å². The Morgan fingerprint density at radius 2 is 1.62 bits per heavy atom. The van der Waals surface area contributed by atoms with Gasteiger partial charge in [-0.2, -0.15) is 0 Å². The first-order valence-corrected chi connectivity index (χ1v) is 10.2. The zero-order valence-corrected chi connectivity index (χ0v) is 17.5. The van der Waals surface area contributed by atoms with Crippen molar-refractivity contribution >= 4 is 39.3 Å². The number of rotatable bonds is 7. The lowest BCUT2D eigenvalue weighted by Gasteiger charge is -2.10. The van der Waals surface area contributed by atoms with Gasteiger partial charge in [0.05, 0.1) is 11.1 Å². The number of hydrogen-bond donors (Lipinski definition) is 3. The summed E-state index contributed by atoms with van der Waals surface area (Å²) in [5.74, 6) is -0.136. The second-order valence-corrected chi connectivity index (χ2v) is 7.60. The Hall–Kier alpha value is -2.87. The van der Waals surface area contributed by atoms with Crippen LogP contribution in [0.3, 0.4) is 0 Å². The summed E-state index contributed by atoms with van der Waals surface area (Å²) in [4.78, 5) is 36.3. The summed E-state index contributed by atoms with van der Waals surface area (Å²) in [7, 11) is 0. The Labute approximate surface area is 177 Å². The lowest BCUT2D eigenvalue weighted by molar-refractivity contribution is -0.117. The summed E-state index contributed by atoms with van der Waals surface area (Å²) in [6, 6.07) is 11.4. The molecule has 3 rings (SSSR count). The molecule has 1 aliphatic carbocycles. The summed E-state index contributed by atoms with van der Waals surface area (Å²) in [5.41, 5.74) is 6.14. The minimum absolute atomic E-state index is 0.00624. The third-order valence-corrected chi connectivity index (χ3v) is 4.93. The highest BCUT2D eigenvalue weighted by molar-refractivity contribution is 9.10. The molecule has 0 unspecified atom stereocenters. The summed E-state index contributed by atoms with van der Waals surface area (Å²) in [6.07, 6.45) is 2.74. The number of anilines is 1. The third kappa shape index (κ3) is 5.80. The number of benzene rings is 2. The van der Waals surface area contributed by atoms with Gasteiger partial charge in [0, 0.05) is 22.7 Å². The second kappa shape index (κ2) is 9.56. The van der Waals surface area contributed by atoms with Gasteiger partial charge < -0.3 is 10.1 Å². The third-order valence-electron chi connectivity index (χ3n) is 4.31. The molecule has 0 atom stereocenters. The number of ether oxygens (including phenoxy) is 1. The number of hydrazine groups is 1. The SMILES string of the molecule is CCCOc1ccc(C(=O)NNC(=O)c2ccc(NC(=O)C3CC3)cc2)cc1Br. The highest BCUT2D eigenvalue weighted by Gasteiger charge is 2.29. The van der Waals surface area contributed by atoms with Crippen molar-refractivity contribution in [1.29, 1.82) is 0 Å². The molecule has 0 bridgehead atoms. The normalized spacial score (nSPS) is 12.8. The van der Waals surface area contributed by atoms with Crippen LogP contribution in [0.2, 0.25) is 0 Å². The highest BCUT2D eigenvalue weighted by atomic mass is 79.9. The quantitative estimate of drug-likeness (QED) is 0.550. The first-order chi connectivity index (χ1) is 14.0. The van der Waals surface area contributed by atoms with Crippen LogP contribution in [0.1, 0.15) is 46.9 Å². The predicted molar refractivity (Wildman–Crippen MR) is 113 cm³/mol. The smallest absolute Gasteiger partial charge is 0.269 e. The average Bonchev–Trinajstić information content (AvgIpc) is 3.57. The van der Waals surface area contributed by atoms with E-state index < -0.39 is 11.8 Å². The van der Waals surface area contributed by atoms with E-state index in [2.05, 4.69) is 32.1 Å². The van der Waals surface area contributed by atoms with Crippen LogP contribution in [0.15, 0.2) is 46.9 Å². The standard InChI is InChI=1S/C21H22BrN3O4/c1-2-11-29-18-10-7-15(12-17(18)22)21(28)25-24-20(27)14-5-8-16(9-6-14)23-19(26)13-3-4-13/h5-10,12-13H,2-4,11H2,1H3,(H,23,26)(H,24,27)(H,25,28). The fraction of sp³-hybridized carbons (Fsp3) is 0.286. The molecule has 3 N–H and O–H groups in total. The van der Waals surface area contributed by atoms with Crippen LogP contribution in [-0.2, 0) is 4.79 Å². The van der Waals surface area contributed by atoms with E-state index in [1.807, 2.05) is 6.92 Å². The summed E-state index contributed by atoms with van der Waals surface area (Å²) in [6.45, 7) is 2.60. The molecule has 7 nitrogen and oxygen atoms in total. The Bertz CT molecular complexity index is 911. The Balaban J connectivity index is 1.52. The molecule has 1 saturated carbocycles. The summed E-state index contributed by atoms with van der Waals surface area (Å²) in [5, 5.41) is 2.81. The molecule has 8 heteroatoms. The number of halogens is 1. The molecule has 0 aliphatic heterocycles. The van der Waals surface area contributed by atoms with Gasteiger partial charge in [-0.3, -0.25) is 25.2 Å². The number of carbonyl (C=O) groups is 3. The van der Waals surface area contributed by atoms with Crippen LogP contribution in [-0.4, -0.2) is 24.3 Å². The Kier molecular flexibility index (Phi) is 6.87. The van der Waals surface area contributed by atoms with E-state index in [9.17, 15) is 14.4 Å². The zero-order valence-electron chi connectivity index (χ0n) is 16.0. The van der Waals surface area contributed by atoms with Gasteiger partial charge in [-0.15, -0.1) is 0 Å². The van der Waals surface area contributed by atoms with Crippen molar-refractivity contribution < 1.29 is 19.1 Å². The monoisotopic (exact) mass is 459 g/mol. The van der Waals surface area contributed by atoms with Crippen LogP contribution in [0.25, 0.3) is 0 Å². The van der Waals surface area contributed by atoms with E-state index in [-0.39, 0.29) is 11.8 Å². The molecule has 1 aliphatic rings. The molecule has 152 valence electrons. The maximum Gasteiger partial charge on any atom is 0.269 e. The highest BCUT2D eigenvalue weighted by Crippen LogP contribution is 2.30. The largest absolute Gasteiger partial charge is 0.492 e. The van der Waals surface area contributed by atoms with Crippen molar-refractivity contribution in [3.05, 3.63) is 58.1 Å². The van der Waals surface area contributed by atoms with Gasteiger partial charge in [-0.05, 0) is 77.7 Å². The van der Waals surface area contributed by atoms with Gasteiger partial charge in [0.15, 0.2) is 0 Å². The topological polar surface area (TPSA) is 96.5 Å². The van der Waals surface area contributed by atoms with E-state index in [1.165, 1.54) is 0 Å². The second-order valence-electron chi connectivity index (χ2n) is 6.74. The minimum Gasteiger partial charge on any atom is -0.492 e. The number of nitrogens with one attached hydrogen (secondary N) is 3. The van der Waals surface area contributed by atoms with Crippen molar-refractivity contribution in [3.8, 4) is 5.75 Å². The van der Waals surface area contributed by atoms with E-state index >= 15 is 0 Å². The lowest BCUT2D eigenvalue weighted by atomic mass is 10.2. The van der Waals surface area contributed by atoms with E-state index in [0.29, 0.717) is 33.6 Å². The van der Waals surface area contributed by atoms with Gasteiger partial charge in [-0.1, -0.05) is 6.92 Å². The molecular formula is C21H22BrN3O4. The molecule has 0 spiro atoms. The number of carbonyl (C=O) groups excluding carboxylic acids is 3. The molecule has 2 aromatic carbocycles. The minimum atomic E-state index is -0.458. The van der Waals surface area contributed by atoms with Crippen molar-refractivity contribution in [1.82, 2.24) is 10.9 Å². The van der Waals surface area contributed by atoms with Gasteiger partial charge in [0.25, 0.3) is 11.8 Å². The molecule has 1 fully saturated rings. The first kappa shape index (κ1) is 20.9. The number of amides is 3.